The summed E-state index contributed by atoms with van der Waals surface area (Å²) in [5.74, 6) is 0. The van der Waals surface area contributed by atoms with Gasteiger partial charge in [-0.25, -0.2) is 4.98 Å². The number of aliphatic hydroxyl groups excluding tert-OH is 3. The molecule has 0 aliphatic carbocycles. The van der Waals surface area contributed by atoms with Crippen LogP contribution in [0.1, 0.15) is 6.23 Å². The maximum absolute atomic E-state index is 9.96. The summed E-state index contributed by atoms with van der Waals surface area (Å²) >= 11 is 0. The highest BCUT2D eigenvalue weighted by atomic mass is 16.5. The molecule has 2 aromatic rings. The van der Waals surface area contributed by atoms with E-state index in [0.29, 0.717) is 0 Å². The van der Waals surface area contributed by atoms with Gasteiger partial charge < -0.3 is 24.6 Å². The van der Waals surface area contributed by atoms with E-state index in [9.17, 15) is 15.3 Å². The summed E-state index contributed by atoms with van der Waals surface area (Å²) in [6.45, 7) is -0.0185. The number of aromatic nitrogens is 2. The molecule has 1 aliphatic rings. The molecular weight excluding hydrogens is 236 g/mol. The second kappa shape index (κ2) is 4.33. The molecule has 18 heavy (non-hydrogen) atoms. The van der Waals surface area contributed by atoms with Crippen molar-refractivity contribution in [1.29, 1.82) is 0 Å². The maximum Gasteiger partial charge on any atom is 0.164 e. The summed E-state index contributed by atoms with van der Waals surface area (Å²) in [5, 5.41) is 29.0. The van der Waals surface area contributed by atoms with Crippen molar-refractivity contribution in [1.82, 2.24) is 9.55 Å². The van der Waals surface area contributed by atoms with E-state index >= 15 is 0 Å². The van der Waals surface area contributed by atoms with Crippen LogP contribution in [0.25, 0.3) is 11.0 Å². The number of nitrogens with zero attached hydrogens (tertiary/aromatic N) is 2. The first-order valence-corrected chi connectivity index (χ1v) is 5.76. The van der Waals surface area contributed by atoms with Crippen LogP contribution >= 0.6 is 0 Å². The molecule has 6 heteroatoms. The molecule has 0 radical (unpaired) electrons. The lowest BCUT2D eigenvalue weighted by atomic mass is 10.0. The quantitative estimate of drug-likeness (QED) is 0.644. The van der Waals surface area contributed by atoms with Crippen molar-refractivity contribution in [3.05, 3.63) is 30.6 Å². The Morgan fingerprint density at radius 3 is 2.78 bits per heavy atom. The number of fused-ring (bicyclic) bond motifs is 1. The van der Waals surface area contributed by atoms with Gasteiger partial charge in [0.25, 0.3) is 0 Å². The molecule has 96 valence electrons. The van der Waals surface area contributed by atoms with E-state index in [-0.39, 0.29) is 6.61 Å². The number of aliphatic hydroxyl groups is 3. The van der Waals surface area contributed by atoms with Crippen molar-refractivity contribution >= 4 is 11.0 Å². The van der Waals surface area contributed by atoms with Crippen LogP contribution in [0.4, 0.5) is 0 Å². The first-order valence-electron chi connectivity index (χ1n) is 5.76. The highest BCUT2D eigenvalue weighted by Crippen LogP contribution is 2.27. The van der Waals surface area contributed by atoms with Crippen LogP contribution in [0.2, 0.25) is 0 Å². The topological polar surface area (TPSA) is 87.7 Å². The van der Waals surface area contributed by atoms with Crippen LogP contribution in [0.5, 0.6) is 0 Å². The van der Waals surface area contributed by atoms with Gasteiger partial charge in [-0.1, -0.05) is 12.1 Å². The van der Waals surface area contributed by atoms with Crippen LogP contribution < -0.4 is 0 Å². The molecule has 0 bridgehead atoms. The lowest BCUT2D eigenvalue weighted by molar-refractivity contribution is -0.209. The summed E-state index contributed by atoms with van der Waals surface area (Å²) in [5.41, 5.74) is 1.60. The van der Waals surface area contributed by atoms with Gasteiger partial charge in [-0.15, -0.1) is 0 Å². The van der Waals surface area contributed by atoms with Crippen LogP contribution in [-0.2, 0) is 4.74 Å². The van der Waals surface area contributed by atoms with E-state index in [2.05, 4.69) is 4.98 Å². The van der Waals surface area contributed by atoms with E-state index in [0.717, 1.165) is 11.0 Å². The summed E-state index contributed by atoms with van der Waals surface area (Å²) in [4.78, 5) is 4.20. The molecular formula is C12H14N2O4. The largest absolute Gasteiger partial charge is 0.388 e. The van der Waals surface area contributed by atoms with Crippen molar-refractivity contribution < 1.29 is 20.1 Å². The number of imidazole rings is 1. The van der Waals surface area contributed by atoms with E-state index in [1.165, 1.54) is 0 Å². The number of rotatable bonds is 1. The normalized spacial score (nSPS) is 32.8. The lowest BCUT2D eigenvalue weighted by Gasteiger charge is -2.35. The van der Waals surface area contributed by atoms with Gasteiger partial charge in [0.1, 0.15) is 18.3 Å². The number of ether oxygens (including phenoxy) is 1. The minimum Gasteiger partial charge on any atom is -0.388 e. The van der Waals surface area contributed by atoms with Gasteiger partial charge in [0.2, 0.25) is 0 Å². The van der Waals surface area contributed by atoms with Gasteiger partial charge >= 0.3 is 0 Å². The van der Waals surface area contributed by atoms with Gasteiger partial charge in [0.15, 0.2) is 6.23 Å². The van der Waals surface area contributed by atoms with E-state index < -0.39 is 24.5 Å². The lowest BCUT2D eigenvalue weighted by Crippen LogP contribution is -2.50. The molecule has 3 N–H and O–H groups in total. The Morgan fingerprint density at radius 2 is 1.94 bits per heavy atom. The molecule has 2 heterocycles. The molecule has 1 aromatic heterocycles. The van der Waals surface area contributed by atoms with Crippen LogP contribution in [0, 0.1) is 0 Å². The molecule has 0 saturated carbocycles. The first-order chi connectivity index (χ1) is 8.68. The molecule has 1 aliphatic heterocycles. The minimum atomic E-state index is -1.22. The fraction of sp³-hybridized carbons (Fsp3) is 0.417. The molecule has 0 spiro atoms. The van der Waals surface area contributed by atoms with Gasteiger partial charge in [-0.05, 0) is 12.1 Å². The van der Waals surface area contributed by atoms with Crippen molar-refractivity contribution in [3.8, 4) is 0 Å². The fourth-order valence-electron chi connectivity index (χ4n) is 2.22. The average Bonchev–Trinajstić information content (AvgIpc) is 2.80. The second-order valence-electron chi connectivity index (χ2n) is 4.41. The number of para-hydroxylation sites is 2. The molecule has 1 aromatic carbocycles. The molecule has 0 amide bonds. The Labute approximate surface area is 103 Å². The van der Waals surface area contributed by atoms with Crippen molar-refractivity contribution in [2.45, 2.75) is 24.5 Å². The fourth-order valence-corrected chi connectivity index (χ4v) is 2.22. The number of hydrogen-bond donors (Lipinski definition) is 3. The van der Waals surface area contributed by atoms with Crippen LogP contribution in [0.15, 0.2) is 30.6 Å². The van der Waals surface area contributed by atoms with Gasteiger partial charge in [-0.2, -0.15) is 0 Å². The Balaban J connectivity index is 1.99. The third-order valence-electron chi connectivity index (χ3n) is 3.23. The highest BCUT2D eigenvalue weighted by molar-refractivity contribution is 5.75. The minimum absolute atomic E-state index is 0.0185. The summed E-state index contributed by atoms with van der Waals surface area (Å²) in [6.07, 6.45) is -2.65. The number of hydrogen-bond acceptors (Lipinski definition) is 5. The van der Waals surface area contributed by atoms with Crippen molar-refractivity contribution in [2.75, 3.05) is 6.61 Å². The van der Waals surface area contributed by atoms with Crippen molar-refractivity contribution in [2.24, 2.45) is 0 Å². The predicted octanol–water partition coefficient (Wildman–Crippen LogP) is -0.352. The molecule has 0 unspecified atom stereocenters. The van der Waals surface area contributed by atoms with Gasteiger partial charge in [0, 0.05) is 0 Å². The van der Waals surface area contributed by atoms with Crippen LogP contribution in [0.3, 0.4) is 0 Å². The molecule has 3 rings (SSSR count). The maximum atomic E-state index is 9.96. The van der Waals surface area contributed by atoms with Gasteiger partial charge in [-0.3, -0.25) is 0 Å². The zero-order chi connectivity index (χ0) is 12.7. The van der Waals surface area contributed by atoms with Gasteiger partial charge in [0.05, 0.1) is 24.0 Å². The van der Waals surface area contributed by atoms with E-state index in [4.69, 9.17) is 4.74 Å². The summed E-state index contributed by atoms with van der Waals surface area (Å²) in [6, 6.07) is 7.44. The molecule has 6 nitrogen and oxygen atoms in total. The number of benzene rings is 1. The van der Waals surface area contributed by atoms with E-state index in [1.807, 2.05) is 24.3 Å². The summed E-state index contributed by atoms with van der Waals surface area (Å²) < 4.78 is 7.05. The second-order valence-corrected chi connectivity index (χ2v) is 4.41. The average molecular weight is 250 g/mol. The van der Waals surface area contributed by atoms with Crippen molar-refractivity contribution in [3.63, 3.8) is 0 Å². The monoisotopic (exact) mass is 250 g/mol. The standard InChI is InChI=1S/C12H14N2O4/c15-9-5-18-12(11(17)10(9)16)14-6-13-7-3-1-2-4-8(7)14/h1-4,6,9-12,15-17H,5H2/t9-,10-,11-,12-/m1/s1. The Hall–Kier alpha value is -1.47. The summed E-state index contributed by atoms with van der Waals surface area (Å²) in [7, 11) is 0. The SMILES string of the molecule is O[C@@H]1[C@H](O)[C@H](O)CO[C@H]1n1cnc2ccccc21. The smallest absolute Gasteiger partial charge is 0.164 e. The third kappa shape index (κ3) is 1.70. The Kier molecular flexibility index (Phi) is 2.79. The molecule has 1 saturated heterocycles. The van der Waals surface area contributed by atoms with E-state index in [1.54, 1.807) is 10.9 Å². The van der Waals surface area contributed by atoms with Crippen LogP contribution in [-0.4, -0.2) is 49.8 Å². The molecule has 4 atom stereocenters. The Morgan fingerprint density at radius 1 is 1.17 bits per heavy atom. The molecule has 1 fully saturated rings. The zero-order valence-corrected chi connectivity index (χ0v) is 9.55. The first kappa shape index (κ1) is 11.6. The third-order valence-corrected chi connectivity index (χ3v) is 3.23. The zero-order valence-electron chi connectivity index (χ0n) is 9.55. The highest BCUT2D eigenvalue weighted by Gasteiger charge is 2.38. The Bertz CT molecular complexity index is 556. The predicted molar refractivity (Wildman–Crippen MR) is 62.7 cm³/mol.